The van der Waals surface area contributed by atoms with Gasteiger partial charge in [0.2, 0.25) is 5.91 Å². The monoisotopic (exact) mass is 507 g/mol. The number of hydrogen-bond acceptors (Lipinski definition) is 3. The maximum atomic E-state index is 12.5. The van der Waals surface area contributed by atoms with Crippen molar-refractivity contribution in [3.63, 3.8) is 0 Å². The molecule has 204 valence electrons. The third-order valence-corrected chi connectivity index (χ3v) is 11.9. The Hall–Kier alpha value is -1.84. The average Bonchev–Trinajstić information content (AvgIpc) is 3.24. The maximum Gasteiger partial charge on any atom is 0.306 e. The van der Waals surface area contributed by atoms with Crippen molar-refractivity contribution in [2.24, 2.45) is 46.3 Å². The first kappa shape index (κ1) is 26.8. The Morgan fingerprint density at radius 1 is 0.973 bits per heavy atom. The normalized spacial score (nSPS) is 39.6. The molecule has 4 saturated carbocycles. The molecular weight excluding hydrogens is 458 g/mol. The van der Waals surface area contributed by atoms with Crippen molar-refractivity contribution in [3.8, 4) is 0 Å². The van der Waals surface area contributed by atoms with Gasteiger partial charge in [0.15, 0.2) is 0 Å². The van der Waals surface area contributed by atoms with Crippen LogP contribution in [-0.4, -0.2) is 17.9 Å². The summed E-state index contributed by atoms with van der Waals surface area (Å²) >= 11 is 0. The number of fused-ring (bicyclic) bond motifs is 5. The van der Waals surface area contributed by atoms with E-state index >= 15 is 0 Å². The average molecular weight is 508 g/mol. The minimum atomic E-state index is -0.0553. The number of benzene rings is 1. The molecule has 1 N–H and O–H groups in total. The van der Waals surface area contributed by atoms with E-state index in [4.69, 9.17) is 4.74 Å². The minimum Gasteiger partial charge on any atom is -0.461 e. The number of amides is 1. The van der Waals surface area contributed by atoms with Gasteiger partial charge >= 0.3 is 5.97 Å². The first-order valence-electron chi connectivity index (χ1n) is 15.2. The Morgan fingerprint density at radius 3 is 2.46 bits per heavy atom. The van der Waals surface area contributed by atoms with E-state index in [0.717, 1.165) is 48.0 Å². The van der Waals surface area contributed by atoms with Gasteiger partial charge in [-0.2, -0.15) is 0 Å². The van der Waals surface area contributed by atoms with Crippen molar-refractivity contribution in [2.45, 2.75) is 111 Å². The van der Waals surface area contributed by atoms with Crippen LogP contribution in [0.4, 0.5) is 0 Å². The Bertz CT molecular complexity index is 962. The number of rotatable bonds is 7. The van der Waals surface area contributed by atoms with Crippen molar-refractivity contribution in [2.75, 3.05) is 0 Å². The number of hydrogen-bond donors (Lipinski definition) is 1. The summed E-state index contributed by atoms with van der Waals surface area (Å²) in [6.45, 7) is 9.66. The summed E-state index contributed by atoms with van der Waals surface area (Å²) in [6.07, 6.45) is 13.2. The van der Waals surface area contributed by atoms with Gasteiger partial charge in [-0.1, -0.05) is 51.1 Å². The predicted molar refractivity (Wildman–Crippen MR) is 147 cm³/mol. The Labute approximate surface area is 224 Å². The zero-order chi connectivity index (χ0) is 26.2. The van der Waals surface area contributed by atoms with Crippen LogP contribution in [-0.2, 0) is 20.9 Å². The SMILES string of the molecule is CC(=O)N[C@H]1CC[C@@]2(C)[C@H](CC[C@@H]3[C@@H]2CC[C@]2(C)[C@@H]([C@H](C)CCC(=O)OCc4ccccc4)CC[C@@H]32)C1. The van der Waals surface area contributed by atoms with E-state index in [1.54, 1.807) is 6.92 Å². The summed E-state index contributed by atoms with van der Waals surface area (Å²) in [4.78, 5) is 24.2. The van der Waals surface area contributed by atoms with Crippen LogP contribution in [0.25, 0.3) is 0 Å². The lowest BCUT2D eigenvalue weighted by Crippen LogP contribution is -2.55. The van der Waals surface area contributed by atoms with Crippen LogP contribution < -0.4 is 5.32 Å². The largest absolute Gasteiger partial charge is 0.461 e. The molecule has 4 heteroatoms. The highest BCUT2D eigenvalue weighted by atomic mass is 16.5. The number of esters is 1. The van der Waals surface area contributed by atoms with Crippen LogP contribution in [0.15, 0.2) is 30.3 Å². The quantitative estimate of drug-likeness (QED) is 0.394. The summed E-state index contributed by atoms with van der Waals surface area (Å²) < 4.78 is 5.57. The van der Waals surface area contributed by atoms with Gasteiger partial charge in [-0.15, -0.1) is 0 Å². The summed E-state index contributed by atoms with van der Waals surface area (Å²) in [5, 5.41) is 3.23. The second-order valence-corrected chi connectivity index (χ2v) is 13.7. The van der Waals surface area contributed by atoms with Crippen LogP contribution >= 0.6 is 0 Å². The van der Waals surface area contributed by atoms with Gasteiger partial charge in [0.25, 0.3) is 0 Å². The van der Waals surface area contributed by atoms with Crippen LogP contribution in [0.3, 0.4) is 0 Å². The molecular formula is C33H49NO3. The van der Waals surface area contributed by atoms with Crippen molar-refractivity contribution in [1.82, 2.24) is 5.32 Å². The highest BCUT2D eigenvalue weighted by molar-refractivity contribution is 5.73. The Balaban J connectivity index is 1.17. The minimum absolute atomic E-state index is 0.0553. The molecule has 37 heavy (non-hydrogen) atoms. The molecule has 0 saturated heterocycles. The lowest BCUT2D eigenvalue weighted by Gasteiger charge is -2.61. The van der Waals surface area contributed by atoms with Gasteiger partial charge in [-0.25, -0.2) is 0 Å². The zero-order valence-corrected chi connectivity index (χ0v) is 23.6. The fourth-order valence-corrected chi connectivity index (χ4v) is 10.0. The van der Waals surface area contributed by atoms with Crippen molar-refractivity contribution >= 4 is 11.9 Å². The molecule has 4 nitrogen and oxygen atoms in total. The predicted octanol–water partition coefficient (Wildman–Crippen LogP) is 7.31. The van der Waals surface area contributed by atoms with Gasteiger partial charge in [0.05, 0.1) is 0 Å². The molecule has 0 heterocycles. The Kier molecular flexibility index (Phi) is 7.76. The molecule has 0 aromatic heterocycles. The summed E-state index contributed by atoms with van der Waals surface area (Å²) in [6, 6.07) is 10.4. The van der Waals surface area contributed by atoms with E-state index in [1.807, 2.05) is 30.3 Å². The first-order valence-corrected chi connectivity index (χ1v) is 15.2. The summed E-state index contributed by atoms with van der Waals surface area (Å²) in [5.74, 6) is 4.69. The lowest BCUT2D eigenvalue weighted by atomic mass is 9.44. The number of nitrogens with one attached hydrogen (secondary N) is 1. The molecule has 0 spiro atoms. The molecule has 1 amide bonds. The zero-order valence-electron chi connectivity index (χ0n) is 23.6. The smallest absolute Gasteiger partial charge is 0.306 e. The van der Waals surface area contributed by atoms with Crippen molar-refractivity contribution in [1.29, 1.82) is 0 Å². The van der Waals surface area contributed by atoms with Crippen LogP contribution in [0, 0.1) is 46.3 Å². The van der Waals surface area contributed by atoms with Gasteiger partial charge in [-0.3, -0.25) is 9.59 Å². The van der Waals surface area contributed by atoms with Gasteiger partial charge in [-0.05, 0) is 116 Å². The molecule has 9 atom stereocenters. The first-order chi connectivity index (χ1) is 17.7. The molecule has 4 fully saturated rings. The van der Waals surface area contributed by atoms with E-state index in [2.05, 4.69) is 26.1 Å². The fourth-order valence-electron chi connectivity index (χ4n) is 10.0. The highest BCUT2D eigenvalue weighted by Crippen LogP contribution is 2.68. The molecule has 4 aliphatic rings. The molecule has 1 aromatic carbocycles. The van der Waals surface area contributed by atoms with Gasteiger partial charge < -0.3 is 10.1 Å². The van der Waals surface area contributed by atoms with E-state index < -0.39 is 0 Å². The molecule has 0 aliphatic heterocycles. The fraction of sp³-hybridized carbons (Fsp3) is 0.758. The highest BCUT2D eigenvalue weighted by Gasteiger charge is 2.60. The van der Waals surface area contributed by atoms with Crippen LogP contribution in [0.5, 0.6) is 0 Å². The van der Waals surface area contributed by atoms with E-state index in [0.29, 0.717) is 35.8 Å². The molecule has 1 aromatic rings. The summed E-state index contributed by atoms with van der Waals surface area (Å²) in [5.41, 5.74) is 1.93. The van der Waals surface area contributed by atoms with Gasteiger partial charge in [0, 0.05) is 19.4 Å². The van der Waals surface area contributed by atoms with Crippen molar-refractivity contribution < 1.29 is 14.3 Å². The molecule has 0 unspecified atom stereocenters. The van der Waals surface area contributed by atoms with Crippen LogP contribution in [0.1, 0.15) is 104 Å². The third kappa shape index (κ3) is 5.23. The van der Waals surface area contributed by atoms with E-state index in [-0.39, 0.29) is 11.9 Å². The Morgan fingerprint density at radius 2 is 1.70 bits per heavy atom. The lowest BCUT2D eigenvalue weighted by molar-refractivity contribution is -0.145. The van der Waals surface area contributed by atoms with Crippen LogP contribution in [0.2, 0.25) is 0 Å². The number of carbonyl (C=O) groups is 2. The third-order valence-electron chi connectivity index (χ3n) is 11.9. The molecule has 0 bridgehead atoms. The maximum absolute atomic E-state index is 12.5. The topological polar surface area (TPSA) is 55.4 Å². The summed E-state index contributed by atoms with van der Waals surface area (Å²) in [7, 11) is 0. The van der Waals surface area contributed by atoms with Gasteiger partial charge in [0.1, 0.15) is 6.61 Å². The molecule has 5 rings (SSSR count). The number of ether oxygens (including phenoxy) is 1. The second kappa shape index (κ2) is 10.7. The number of carbonyl (C=O) groups excluding carboxylic acids is 2. The second-order valence-electron chi connectivity index (χ2n) is 13.7. The van der Waals surface area contributed by atoms with E-state index in [1.165, 1.54) is 51.4 Å². The molecule has 4 aliphatic carbocycles. The van der Waals surface area contributed by atoms with E-state index in [9.17, 15) is 9.59 Å². The standard InChI is InChI=1S/C33H49NO3/c1-22(10-15-31(36)37-21-24-8-6-5-7-9-24)28-13-14-29-27-12-11-25-20-26(34-23(2)35)16-18-32(25,3)30(27)17-19-33(28,29)4/h5-9,22,25-30H,10-21H2,1-4H3,(H,34,35)/t22-,25-,26+,27+,28-,29+,30+,32+,33-/m1/s1. The molecule has 0 radical (unpaired) electrons. The van der Waals surface area contributed by atoms with Crippen molar-refractivity contribution in [3.05, 3.63) is 35.9 Å².